The highest BCUT2D eigenvalue weighted by atomic mass is 28.4. The maximum atomic E-state index is 6.98. The van der Waals surface area contributed by atoms with Crippen molar-refractivity contribution in [2.45, 2.75) is 110 Å². The van der Waals surface area contributed by atoms with Gasteiger partial charge in [-0.2, -0.15) is 0 Å². The van der Waals surface area contributed by atoms with Gasteiger partial charge in [0.25, 0.3) is 0 Å². The van der Waals surface area contributed by atoms with E-state index in [0.29, 0.717) is 17.4 Å². The summed E-state index contributed by atoms with van der Waals surface area (Å²) < 4.78 is 18.7. The number of fused-ring (bicyclic) bond motifs is 1. The molecule has 1 saturated heterocycles. The van der Waals surface area contributed by atoms with E-state index < -0.39 is 8.32 Å². The van der Waals surface area contributed by atoms with Crippen LogP contribution < -0.4 is 0 Å². The average Bonchev–Trinajstić information content (AvgIpc) is 3.11. The van der Waals surface area contributed by atoms with E-state index in [9.17, 15) is 0 Å². The summed E-state index contributed by atoms with van der Waals surface area (Å²) in [6, 6.07) is 0. The average molecular weight is 395 g/mol. The topological polar surface area (TPSA) is 27.7 Å². The van der Waals surface area contributed by atoms with Crippen LogP contribution >= 0.6 is 0 Å². The highest BCUT2D eigenvalue weighted by Gasteiger charge is 2.53. The largest absolute Gasteiger partial charge is 0.413 e. The fraction of sp³-hybridized carbons (Fsp3) is 0.913. The van der Waals surface area contributed by atoms with Crippen molar-refractivity contribution in [3.63, 3.8) is 0 Å². The van der Waals surface area contributed by atoms with E-state index >= 15 is 0 Å². The summed E-state index contributed by atoms with van der Waals surface area (Å²) in [7, 11) is -1.74. The van der Waals surface area contributed by atoms with Gasteiger partial charge in [-0.15, -0.1) is 0 Å². The minimum absolute atomic E-state index is 0.274. The first-order chi connectivity index (χ1) is 12.4. The zero-order chi connectivity index (χ0) is 20.1. The molecular weight excluding hydrogens is 352 g/mol. The summed E-state index contributed by atoms with van der Waals surface area (Å²) in [5, 5.41) is 0.274. The second kappa shape index (κ2) is 7.27. The lowest BCUT2D eigenvalue weighted by Gasteiger charge is -2.47. The second-order valence-electron chi connectivity index (χ2n) is 11.1. The monoisotopic (exact) mass is 394 g/mol. The summed E-state index contributed by atoms with van der Waals surface area (Å²) in [4.78, 5) is 0. The van der Waals surface area contributed by atoms with Crippen molar-refractivity contribution in [1.29, 1.82) is 0 Å². The molecule has 156 valence electrons. The van der Waals surface area contributed by atoms with Crippen molar-refractivity contribution in [2.24, 2.45) is 11.3 Å². The molecule has 0 radical (unpaired) electrons. The first-order valence-electron chi connectivity index (χ1n) is 11.0. The Morgan fingerprint density at radius 1 is 1.11 bits per heavy atom. The Balaban J connectivity index is 1.74. The molecule has 1 heterocycles. The lowest BCUT2D eigenvalue weighted by molar-refractivity contribution is -0.146. The molecule has 1 saturated carbocycles. The van der Waals surface area contributed by atoms with Crippen LogP contribution in [-0.4, -0.2) is 33.4 Å². The molecule has 4 heteroatoms. The predicted molar refractivity (Wildman–Crippen MR) is 114 cm³/mol. The third-order valence-corrected chi connectivity index (χ3v) is 12.7. The molecule has 1 unspecified atom stereocenters. The van der Waals surface area contributed by atoms with Crippen LogP contribution in [0.5, 0.6) is 0 Å². The number of allylic oxidation sites excluding steroid dienone is 2. The number of hydrogen-bond acceptors (Lipinski definition) is 3. The first-order valence-corrected chi connectivity index (χ1v) is 13.9. The van der Waals surface area contributed by atoms with E-state index in [-0.39, 0.29) is 10.8 Å². The Labute approximate surface area is 168 Å². The van der Waals surface area contributed by atoms with E-state index in [2.05, 4.69) is 54.6 Å². The van der Waals surface area contributed by atoms with Crippen LogP contribution in [-0.2, 0) is 13.9 Å². The molecule has 0 amide bonds. The molecule has 0 aromatic heterocycles. The van der Waals surface area contributed by atoms with E-state index in [1.165, 1.54) is 25.7 Å². The van der Waals surface area contributed by atoms with Crippen LogP contribution in [0, 0.1) is 11.3 Å². The van der Waals surface area contributed by atoms with Gasteiger partial charge in [-0.1, -0.05) is 38.8 Å². The molecular formula is C23H42O3Si. The van der Waals surface area contributed by atoms with E-state index in [0.717, 1.165) is 26.1 Å². The van der Waals surface area contributed by atoms with E-state index in [1.807, 2.05) is 0 Å². The number of hydrogen-bond donors (Lipinski definition) is 0. The highest BCUT2D eigenvalue weighted by Crippen LogP contribution is 2.57. The Hall–Kier alpha value is -0.163. The molecule has 0 aromatic rings. The highest BCUT2D eigenvalue weighted by molar-refractivity contribution is 6.74. The zero-order valence-electron chi connectivity index (χ0n) is 19.0. The third kappa shape index (κ3) is 4.10. The van der Waals surface area contributed by atoms with Gasteiger partial charge < -0.3 is 13.9 Å². The Morgan fingerprint density at radius 3 is 2.33 bits per heavy atom. The quantitative estimate of drug-likeness (QED) is 0.396. The molecule has 0 N–H and O–H groups in total. The van der Waals surface area contributed by atoms with Crippen LogP contribution in [0.1, 0.15) is 80.1 Å². The van der Waals surface area contributed by atoms with Crippen molar-refractivity contribution in [3.05, 3.63) is 11.1 Å². The first kappa shape index (κ1) is 21.5. The molecule has 3 aliphatic rings. The van der Waals surface area contributed by atoms with Gasteiger partial charge in [-0.3, -0.25) is 0 Å². The molecule has 0 spiro atoms. The van der Waals surface area contributed by atoms with Crippen molar-refractivity contribution in [3.8, 4) is 0 Å². The smallest absolute Gasteiger partial charge is 0.192 e. The summed E-state index contributed by atoms with van der Waals surface area (Å²) in [5.41, 5.74) is 3.60. The van der Waals surface area contributed by atoms with Crippen LogP contribution in [0.15, 0.2) is 11.1 Å². The predicted octanol–water partition coefficient (Wildman–Crippen LogP) is 6.45. The summed E-state index contributed by atoms with van der Waals surface area (Å²) in [5.74, 6) is 0.294. The molecule has 27 heavy (non-hydrogen) atoms. The molecule has 3 rings (SSSR count). The van der Waals surface area contributed by atoms with E-state index in [1.54, 1.807) is 11.1 Å². The van der Waals surface area contributed by atoms with Gasteiger partial charge in [0.1, 0.15) is 0 Å². The normalized spacial score (nSPS) is 34.2. The molecule has 1 aliphatic heterocycles. The number of ether oxygens (including phenoxy) is 2. The van der Waals surface area contributed by atoms with Crippen LogP contribution in [0.2, 0.25) is 18.1 Å². The molecule has 0 bridgehead atoms. The lowest BCUT2D eigenvalue weighted by atomic mass is 9.65. The Kier molecular flexibility index (Phi) is 5.80. The maximum absolute atomic E-state index is 6.98. The third-order valence-electron chi connectivity index (χ3n) is 8.25. The zero-order valence-corrected chi connectivity index (χ0v) is 20.0. The molecule has 0 aromatic carbocycles. The fourth-order valence-electron chi connectivity index (χ4n) is 5.20. The Bertz CT molecular complexity index is 583. The minimum atomic E-state index is -1.74. The van der Waals surface area contributed by atoms with Gasteiger partial charge in [-0.05, 0) is 75.4 Å². The fourth-order valence-corrected chi connectivity index (χ4v) is 6.65. The van der Waals surface area contributed by atoms with Crippen LogP contribution in [0.4, 0.5) is 0 Å². The van der Waals surface area contributed by atoms with Crippen molar-refractivity contribution in [1.82, 2.24) is 0 Å². The van der Waals surface area contributed by atoms with Gasteiger partial charge in [0.05, 0.1) is 19.3 Å². The van der Waals surface area contributed by atoms with Crippen LogP contribution in [0.3, 0.4) is 0 Å². The minimum Gasteiger partial charge on any atom is -0.413 e. The lowest BCUT2D eigenvalue weighted by Crippen LogP contribution is -2.48. The Morgan fingerprint density at radius 2 is 1.74 bits per heavy atom. The van der Waals surface area contributed by atoms with Crippen molar-refractivity contribution >= 4 is 8.32 Å². The summed E-state index contributed by atoms with van der Waals surface area (Å²) in [6.45, 7) is 20.3. The second-order valence-corrected chi connectivity index (χ2v) is 15.9. The number of rotatable bonds is 5. The molecule has 2 aliphatic carbocycles. The molecule has 3 nitrogen and oxygen atoms in total. The molecule has 2 fully saturated rings. The molecule has 3 atom stereocenters. The standard InChI is InChI=1S/C23H42O3Si/c1-17-11-13-22(5)19(18(17)12-14-23(6)24-15-16-25-23)9-10-20(22)26-27(7,8)21(2,3)4/h19-20H,9-16H2,1-8H3/t19?,20-,22-/m0/s1. The summed E-state index contributed by atoms with van der Waals surface area (Å²) >= 11 is 0. The van der Waals surface area contributed by atoms with Gasteiger partial charge in [0.15, 0.2) is 14.1 Å². The van der Waals surface area contributed by atoms with Crippen molar-refractivity contribution in [2.75, 3.05) is 13.2 Å². The maximum Gasteiger partial charge on any atom is 0.192 e. The van der Waals surface area contributed by atoms with Gasteiger partial charge >= 0.3 is 0 Å². The van der Waals surface area contributed by atoms with Crippen LogP contribution in [0.25, 0.3) is 0 Å². The van der Waals surface area contributed by atoms with Gasteiger partial charge in [0.2, 0.25) is 0 Å². The summed E-state index contributed by atoms with van der Waals surface area (Å²) in [6.07, 6.45) is 7.49. The van der Waals surface area contributed by atoms with Gasteiger partial charge in [-0.25, -0.2) is 0 Å². The van der Waals surface area contributed by atoms with E-state index in [4.69, 9.17) is 13.9 Å². The van der Waals surface area contributed by atoms with Crippen molar-refractivity contribution < 1.29 is 13.9 Å². The SMILES string of the molecule is CC1=C(CCC2(C)OCCO2)C2CC[C@H](O[Si](C)(C)C(C)(C)C)[C@@]2(C)CC1. The van der Waals surface area contributed by atoms with Gasteiger partial charge in [0, 0.05) is 6.42 Å².